The predicted molar refractivity (Wildman–Crippen MR) is 61.7 cm³/mol. The topological polar surface area (TPSA) is 46.2 Å². The van der Waals surface area contributed by atoms with Crippen LogP contribution in [-0.2, 0) is 0 Å². The number of thiophene rings is 1. The van der Waals surface area contributed by atoms with Crippen LogP contribution in [0.25, 0.3) is 0 Å². The Hall–Kier alpha value is -0.0900. The zero-order chi connectivity index (χ0) is 10.9. The lowest BCUT2D eigenvalue weighted by molar-refractivity contribution is 0.0410. The Morgan fingerprint density at radius 2 is 2.00 bits per heavy atom. The molecule has 0 amide bonds. The highest BCUT2D eigenvalue weighted by atomic mass is 35.5. The third kappa shape index (κ3) is 2.70. The molecule has 0 radical (unpaired) electrons. The van der Waals surface area contributed by atoms with Gasteiger partial charge in [-0.3, -0.25) is 0 Å². The van der Waals surface area contributed by atoms with Gasteiger partial charge in [0, 0.05) is 4.88 Å². The van der Waals surface area contributed by atoms with E-state index in [2.05, 4.69) is 0 Å². The predicted octanol–water partition coefficient (Wildman–Crippen LogP) is 2.81. The molecule has 0 aliphatic rings. The largest absolute Gasteiger partial charge is 0.391 e. The van der Waals surface area contributed by atoms with Crippen molar-refractivity contribution in [2.45, 2.75) is 32.9 Å². The van der Waals surface area contributed by atoms with Crippen LogP contribution in [0.15, 0.2) is 12.1 Å². The lowest BCUT2D eigenvalue weighted by Gasteiger charge is -2.30. The number of rotatable bonds is 2. The van der Waals surface area contributed by atoms with E-state index < -0.39 is 6.10 Å². The molecule has 1 aromatic rings. The Labute approximate surface area is 93.7 Å². The fourth-order valence-corrected chi connectivity index (χ4v) is 2.29. The highest BCUT2D eigenvalue weighted by molar-refractivity contribution is 7.16. The van der Waals surface area contributed by atoms with Crippen molar-refractivity contribution in [1.29, 1.82) is 0 Å². The first-order valence-corrected chi connectivity index (χ1v) is 5.70. The van der Waals surface area contributed by atoms with Crippen molar-refractivity contribution in [2.24, 2.45) is 11.1 Å². The van der Waals surface area contributed by atoms with Gasteiger partial charge in [-0.2, -0.15) is 0 Å². The molecule has 0 aliphatic carbocycles. The van der Waals surface area contributed by atoms with Crippen molar-refractivity contribution < 1.29 is 5.11 Å². The van der Waals surface area contributed by atoms with Crippen molar-refractivity contribution in [1.82, 2.24) is 0 Å². The standard InChI is InChI=1S/C10H16ClNOS/c1-10(2,3)9(13)8(12)6-4-5-7(11)14-6/h4-5,8-9,13H,12H2,1-3H3/t8-,9-/m0/s1. The summed E-state index contributed by atoms with van der Waals surface area (Å²) in [6.07, 6.45) is -0.558. The molecule has 2 nitrogen and oxygen atoms in total. The van der Waals surface area contributed by atoms with Gasteiger partial charge in [-0.05, 0) is 17.5 Å². The van der Waals surface area contributed by atoms with Crippen molar-refractivity contribution in [3.8, 4) is 0 Å². The maximum absolute atomic E-state index is 9.96. The molecular formula is C10H16ClNOS. The zero-order valence-electron chi connectivity index (χ0n) is 8.62. The van der Waals surface area contributed by atoms with Gasteiger partial charge in [0.25, 0.3) is 0 Å². The molecule has 4 heteroatoms. The Kier molecular flexibility index (Phi) is 3.58. The maximum Gasteiger partial charge on any atom is 0.0931 e. The van der Waals surface area contributed by atoms with Gasteiger partial charge in [0.05, 0.1) is 16.5 Å². The minimum atomic E-state index is -0.558. The van der Waals surface area contributed by atoms with Crippen LogP contribution in [0.5, 0.6) is 0 Å². The molecule has 80 valence electrons. The van der Waals surface area contributed by atoms with Crippen molar-refractivity contribution in [3.05, 3.63) is 21.3 Å². The first-order chi connectivity index (χ1) is 6.32. The summed E-state index contributed by atoms with van der Waals surface area (Å²) in [6, 6.07) is 3.32. The second kappa shape index (κ2) is 4.19. The van der Waals surface area contributed by atoms with Crippen LogP contribution in [-0.4, -0.2) is 11.2 Å². The van der Waals surface area contributed by atoms with E-state index >= 15 is 0 Å². The second-order valence-corrected chi connectivity index (χ2v) is 6.23. The quantitative estimate of drug-likeness (QED) is 0.825. The lowest BCUT2D eigenvalue weighted by atomic mass is 9.84. The molecule has 1 aromatic heterocycles. The minimum Gasteiger partial charge on any atom is -0.391 e. The Morgan fingerprint density at radius 1 is 1.43 bits per heavy atom. The van der Waals surface area contributed by atoms with Crippen LogP contribution in [0.3, 0.4) is 0 Å². The summed E-state index contributed by atoms with van der Waals surface area (Å²) >= 11 is 7.23. The average Bonchev–Trinajstić information content (AvgIpc) is 2.47. The maximum atomic E-state index is 9.96. The molecular weight excluding hydrogens is 218 g/mol. The van der Waals surface area contributed by atoms with Gasteiger partial charge in [-0.25, -0.2) is 0 Å². The molecule has 0 saturated heterocycles. The van der Waals surface area contributed by atoms with Gasteiger partial charge in [0.1, 0.15) is 0 Å². The van der Waals surface area contributed by atoms with Gasteiger partial charge >= 0.3 is 0 Å². The molecule has 0 saturated carbocycles. The Balaban J connectivity index is 2.80. The van der Waals surface area contributed by atoms with Crippen LogP contribution in [0.2, 0.25) is 4.34 Å². The first-order valence-electron chi connectivity index (χ1n) is 4.51. The van der Waals surface area contributed by atoms with Crippen LogP contribution in [0.1, 0.15) is 31.7 Å². The van der Waals surface area contributed by atoms with E-state index in [0.717, 1.165) is 4.88 Å². The molecule has 1 rings (SSSR count). The molecule has 0 unspecified atom stereocenters. The summed E-state index contributed by atoms with van der Waals surface area (Å²) < 4.78 is 0.705. The van der Waals surface area contributed by atoms with Gasteiger partial charge < -0.3 is 10.8 Å². The Bertz CT molecular complexity index is 305. The molecule has 3 N–H and O–H groups in total. The Morgan fingerprint density at radius 3 is 2.36 bits per heavy atom. The van der Waals surface area contributed by atoms with E-state index in [1.807, 2.05) is 26.8 Å². The highest BCUT2D eigenvalue weighted by Crippen LogP contribution is 2.33. The van der Waals surface area contributed by atoms with Gasteiger partial charge in [0.15, 0.2) is 0 Å². The minimum absolute atomic E-state index is 0.212. The third-order valence-electron chi connectivity index (χ3n) is 2.15. The second-order valence-electron chi connectivity index (χ2n) is 4.48. The van der Waals surface area contributed by atoms with E-state index in [4.69, 9.17) is 17.3 Å². The fourth-order valence-electron chi connectivity index (χ4n) is 1.20. The van der Waals surface area contributed by atoms with Gasteiger partial charge in [0.2, 0.25) is 0 Å². The van der Waals surface area contributed by atoms with Crippen molar-refractivity contribution >= 4 is 22.9 Å². The number of halogens is 1. The molecule has 14 heavy (non-hydrogen) atoms. The van der Waals surface area contributed by atoms with Crippen LogP contribution >= 0.6 is 22.9 Å². The fraction of sp³-hybridized carbons (Fsp3) is 0.600. The van der Waals surface area contributed by atoms with E-state index in [-0.39, 0.29) is 11.5 Å². The molecule has 0 aromatic carbocycles. The lowest BCUT2D eigenvalue weighted by Crippen LogP contribution is -2.36. The molecule has 1 heterocycles. The summed E-state index contributed by atoms with van der Waals surface area (Å²) in [5.41, 5.74) is 5.73. The van der Waals surface area contributed by atoms with E-state index in [9.17, 15) is 5.11 Å². The summed E-state index contributed by atoms with van der Waals surface area (Å²) in [4.78, 5) is 0.928. The number of nitrogens with two attached hydrogens (primary N) is 1. The van der Waals surface area contributed by atoms with Crippen LogP contribution in [0.4, 0.5) is 0 Å². The molecule has 0 spiro atoms. The SMILES string of the molecule is CC(C)(C)[C@@H](O)[C@@H](N)c1ccc(Cl)s1. The molecule has 0 fully saturated rings. The summed E-state index contributed by atoms with van der Waals surface area (Å²) in [6.45, 7) is 5.90. The molecule has 2 atom stereocenters. The van der Waals surface area contributed by atoms with Crippen molar-refractivity contribution in [3.63, 3.8) is 0 Å². The van der Waals surface area contributed by atoms with E-state index in [1.165, 1.54) is 11.3 Å². The number of hydrogen-bond acceptors (Lipinski definition) is 3. The first kappa shape index (κ1) is 12.0. The van der Waals surface area contributed by atoms with E-state index in [1.54, 1.807) is 6.07 Å². The molecule has 0 aliphatic heterocycles. The number of aliphatic hydroxyl groups is 1. The molecule has 0 bridgehead atoms. The van der Waals surface area contributed by atoms with Crippen LogP contribution in [0, 0.1) is 5.41 Å². The summed E-state index contributed by atoms with van der Waals surface area (Å²) in [7, 11) is 0. The van der Waals surface area contributed by atoms with Crippen molar-refractivity contribution in [2.75, 3.05) is 0 Å². The summed E-state index contributed by atoms with van der Waals surface area (Å²) in [5.74, 6) is 0. The third-order valence-corrected chi connectivity index (χ3v) is 3.48. The highest BCUT2D eigenvalue weighted by Gasteiger charge is 2.29. The normalized spacial score (nSPS) is 16.7. The smallest absolute Gasteiger partial charge is 0.0931 e. The zero-order valence-corrected chi connectivity index (χ0v) is 10.2. The van der Waals surface area contributed by atoms with Gasteiger partial charge in [-0.15, -0.1) is 11.3 Å². The van der Waals surface area contributed by atoms with Crippen LogP contribution < -0.4 is 5.73 Å². The number of aliphatic hydroxyl groups excluding tert-OH is 1. The summed E-state index contributed by atoms with van der Waals surface area (Å²) in [5, 5.41) is 9.96. The van der Waals surface area contributed by atoms with E-state index in [0.29, 0.717) is 4.34 Å². The average molecular weight is 234 g/mol. The monoisotopic (exact) mass is 233 g/mol. The van der Waals surface area contributed by atoms with Gasteiger partial charge in [-0.1, -0.05) is 32.4 Å². The number of hydrogen-bond donors (Lipinski definition) is 2.